The Kier molecular flexibility index (Phi) is 13.1. The summed E-state index contributed by atoms with van der Waals surface area (Å²) >= 11 is 0. The summed E-state index contributed by atoms with van der Waals surface area (Å²) in [6.45, 7) is 19.9. The summed E-state index contributed by atoms with van der Waals surface area (Å²) in [7, 11) is 0. The Morgan fingerprint density at radius 1 is 0.935 bits per heavy atom. The maximum absolute atomic E-state index is 7.65. The van der Waals surface area contributed by atoms with Gasteiger partial charge in [-0.1, -0.05) is 105 Å². The lowest BCUT2D eigenvalue weighted by atomic mass is 9.96. The van der Waals surface area contributed by atoms with Crippen LogP contribution in [0.3, 0.4) is 0 Å². The highest BCUT2D eigenvalue weighted by Crippen LogP contribution is 2.31. The number of aryl methyl sites for hydroxylation is 1. The second-order valence-corrected chi connectivity index (χ2v) is 10.4. The first-order chi connectivity index (χ1) is 22.3. The van der Waals surface area contributed by atoms with Crippen LogP contribution in [-0.2, 0) is 0 Å². The summed E-state index contributed by atoms with van der Waals surface area (Å²) in [5, 5.41) is 11.1. The maximum atomic E-state index is 7.65. The number of benzene rings is 2. The molecule has 0 aliphatic rings. The Labute approximate surface area is 274 Å². The fourth-order valence-electron chi connectivity index (χ4n) is 4.64. The number of nitrogens with one attached hydrogen (secondary N) is 2. The second-order valence-electron chi connectivity index (χ2n) is 10.4. The molecule has 0 aliphatic heterocycles. The van der Waals surface area contributed by atoms with E-state index in [1.54, 1.807) is 42.9 Å². The molecule has 0 saturated heterocycles. The average Bonchev–Trinajstić information content (AvgIpc) is 3.09. The molecule has 0 aliphatic carbocycles. The van der Waals surface area contributed by atoms with Gasteiger partial charge in [-0.05, 0) is 84.2 Å². The van der Waals surface area contributed by atoms with Crippen molar-refractivity contribution in [2.75, 3.05) is 5.32 Å². The van der Waals surface area contributed by atoms with Gasteiger partial charge in [-0.15, -0.1) is 0 Å². The molecule has 1 heterocycles. The van der Waals surface area contributed by atoms with Crippen molar-refractivity contribution >= 4 is 34.7 Å². The van der Waals surface area contributed by atoms with Gasteiger partial charge < -0.3 is 22.2 Å². The number of hydrogen-bond acceptors (Lipinski definition) is 5. The summed E-state index contributed by atoms with van der Waals surface area (Å²) in [4.78, 5) is 4.66. The van der Waals surface area contributed by atoms with Gasteiger partial charge in [-0.25, -0.2) is 0 Å². The largest absolute Gasteiger partial charge is 0.404 e. The predicted molar refractivity (Wildman–Crippen MR) is 202 cm³/mol. The van der Waals surface area contributed by atoms with E-state index in [-0.39, 0.29) is 0 Å². The lowest BCUT2D eigenvalue weighted by molar-refractivity contribution is 1.26. The number of nitrogens with two attached hydrogens (primary N) is 2. The fourth-order valence-corrected chi connectivity index (χ4v) is 4.64. The predicted octanol–water partition coefficient (Wildman–Crippen LogP) is 9.78. The number of aromatic nitrogens is 1. The van der Waals surface area contributed by atoms with E-state index in [1.165, 1.54) is 6.21 Å². The van der Waals surface area contributed by atoms with Gasteiger partial charge in [0, 0.05) is 52.3 Å². The van der Waals surface area contributed by atoms with Gasteiger partial charge in [0.1, 0.15) is 0 Å². The lowest BCUT2D eigenvalue weighted by Crippen LogP contribution is -2.01. The van der Waals surface area contributed by atoms with E-state index in [9.17, 15) is 0 Å². The minimum Gasteiger partial charge on any atom is -0.404 e. The standard InChI is InChI=1S/C41H43N5/c1-7-12-35(26-43)37-20-22-40(45-28-37)34-18-15-29(5)32(23-34)17-16-30(6)39-21-19-33(24-41(39)46-38(9-3)10-4)36(27-44)14-11-13-31(8-2)25-42/h7-12,14-28,43,46H,1-3,6,13,42,44H2,4-5H3/b14-11-,17-16-,31-25+,35-12+,36-27+,38-10+,43-26?. The van der Waals surface area contributed by atoms with E-state index in [1.807, 2.05) is 55.5 Å². The molecule has 0 radical (unpaired) electrons. The number of rotatable bonds is 15. The van der Waals surface area contributed by atoms with Gasteiger partial charge in [-0.3, -0.25) is 4.98 Å². The van der Waals surface area contributed by atoms with Gasteiger partial charge in [0.25, 0.3) is 0 Å². The number of anilines is 1. The lowest BCUT2D eigenvalue weighted by Gasteiger charge is -2.16. The molecule has 6 N–H and O–H groups in total. The van der Waals surface area contributed by atoms with E-state index >= 15 is 0 Å². The van der Waals surface area contributed by atoms with E-state index in [0.717, 1.165) is 72.8 Å². The third-order valence-electron chi connectivity index (χ3n) is 7.40. The quantitative estimate of drug-likeness (QED) is 0.102. The molecular formula is C41H43N5. The fraction of sp³-hybridized carbons (Fsp3) is 0.0732. The molecule has 0 bridgehead atoms. The van der Waals surface area contributed by atoms with Crippen LogP contribution in [0.1, 0.15) is 41.2 Å². The minimum atomic E-state index is 0.655. The normalized spacial score (nSPS) is 12.7. The molecule has 0 saturated carbocycles. The van der Waals surface area contributed by atoms with Gasteiger partial charge in [0.15, 0.2) is 0 Å². The van der Waals surface area contributed by atoms with Crippen LogP contribution >= 0.6 is 0 Å². The van der Waals surface area contributed by atoms with Crippen molar-refractivity contribution in [3.63, 3.8) is 0 Å². The molecule has 0 fully saturated rings. The Morgan fingerprint density at radius 3 is 2.33 bits per heavy atom. The topological polar surface area (TPSA) is 101 Å². The van der Waals surface area contributed by atoms with E-state index < -0.39 is 0 Å². The zero-order chi connectivity index (χ0) is 33.5. The Balaban J connectivity index is 1.94. The first-order valence-electron chi connectivity index (χ1n) is 14.9. The zero-order valence-electron chi connectivity index (χ0n) is 26.8. The van der Waals surface area contributed by atoms with Crippen LogP contribution in [0.15, 0.2) is 153 Å². The van der Waals surface area contributed by atoms with Crippen LogP contribution < -0.4 is 16.8 Å². The summed E-state index contributed by atoms with van der Waals surface area (Å²) in [6.07, 6.45) is 23.9. The molecule has 3 rings (SSSR count). The molecule has 3 aromatic rings. The van der Waals surface area contributed by atoms with E-state index in [4.69, 9.17) is 16.9 Å². The number of hydrogen-bond donors (Lipinski definition) is 4. The van der Waals surface area contributed by atoms with Gasteiger partial charge >= 0.3 is 0 Å². The van der Waals surface area contributed by atoms with Crippen molar-refractivity contribution in [3.05, 3.63) is 181 Å². The van der Waals surface area contributed by atoms with Crippen molar-refractivity contribution in [2.45, 2.75) is 20.3 Å². The van der Waals surface area contributed by atoms with Crippen LogP contribution in [0.5, 0.6) is 0 Å². The van der Waals surface area contributed by atoms with Crippen molar-refractivity contribution < 1.29 is 0 Å². The highest BCUT2D eigenvalue weighted by atomic mass is 14.9. The number of allylic oxidation sites excluding steroid dienone is 12. The highest BCUT2D eigenvalue weighted by molar-refractivity contribution is 6.08. The van der Waals surface area contributed by atoms with Crippen molar-refractivity contribution in [2.24, 2.45) is 11.5 Å². The average molecular weight is 606 g/mol. The molecule has 0 amide bonds. The van der Waals surface area contributed by atoms with Crippen LogP contribution in [-0.4, -0.2) is 11.2 Å². The van der Waals surface area contributed by atoms with Crippen LogP contribution in [0.4, 0.5) is 5.69 Å². The third kappa shape index (κ3) is 9.04. The van der Waals surface area contributed by atoms with Crippen molar-refractivity contribution in [3.8, 4) is 11.3 Å². The molecule has 0 atom stereocenters. The van der Waals surface area contributed by atoms with Gasteiger partial charge in [0.2, 0.25) is 0 Å². The minimum absolute atomic E-state index is 0.655. The molecule has 5 nitrogen and oxygen atoms in total. The number of pyridine rings is 1. The van der Waals surface area contributed by atoms with Crippen LogP contribution in [0.2, 0.25) is 0 Å². The SMILES string of the molecule is C=C/C=C(\C=N)c1ccc(-c2ccc(C)c(/C=C\C(=C)c3ccc(C(/C=C\C/C(C=C)=C/N)=C/N)cc3N/C(C=C)=C/C)c2)nc1. The molecule has 2 aromatic carbocycles. The molecular weight excluding hydrogens is 562 g/mol. The molecule has 46 heavy (non-hydrogen) atoms. The van der Waals surface area contributed by atoms with Crippen molar-refractivity contribution in [1.82, 2.24) is 4.98 Å². The van der Waals surface area contributed by atoms with Gasteiger partial charge in [0.05, 0.1) is 5.69 Å². The summed E-state index contributed by atoms with van der Waals surface area (Å²) in [5.41, 5.74) is 23.7. The van der Waals surface area contributed by atoms with E-state index in [2.05, 4.69) is 73.9 Å². The second kappa shape index (κ2) is 17.4. The van der Waals surface area contributed by atoms with Crippen LogP contribution in [0.25, 0.3) is 34.1 Å². The van der Waals surface area contributed by atoms with Crippen molar-refractivity contribution in [1.29, 1.82) is 5.41 Å². The molecule has 0 spiro atoms. The molecule has 5 heteroatoms. The first-order valence-corrected chi connectivity index (χ1v) is 14.9. The molecule has 0 unspecified atom stereocenters. The summed E-state index contributed by atoms with van der Waals surface area (Å²) < 4.78 is 0. The smallest absolute Gasteiger partial charge is 0.0702 e. The van der Waals surface area contributed by atoms with E-state index in [0.29, 0.717) is 6.42 Å². The Morgan fingerprint density at radius 2 is 1.72 bits per heavy atom. The summed E-state index contributed by atoms with van der Waals surface area (Å²) in [6, 6.07) is 16.4. The zero-order valence-corrected chi connectivity index (χ0v) is 26.8. The molecule has 1 aromatic heterocycles. The van der Waals surface area contributed by atoms with Gasteiger partial charge in [-0.2, -0.15) is 0 Å². The first kappa shape index (κ1) is 34.5. The summed E-state index contributed by atoms with van der Waals surface area (Å²) in [5.74, 6) is 0. The third-order valence-corrected chi connectivity index (χ3v) is 7.40. The molecule has 232 valence electrons. The highest BCUT2D eigenvalue weighted by Gasteiger charge is 2.10. The van der Waals surface area contributed by atoms with Crippen LogP contribution in [0, 0.1) is 12.3 Å². The number of nitrogens with zero attached hydrogens (tertiary/aromatic N) is 1. The Bertz CT molecular complexity index is 1790. The monoisotopic (exact) mass is 605 g/mol. The maximum Gasteiger partial charge on any atom is 0.0702 e. The Hall–Kier alpha value is -5.94.